The van der Waals surface area contributed by atoms with Gasteiger partial charge in [0.1, 0.15) is 30.1 Å². The predicted octanol–water partition coefficient (Wildman–Crippen LogP) is 2.04. The maximum atomic E-state index is 13.5. The van der Waals surface area contributed by atoms with E-state index < -0.39 is 35.4 Å². The molecule has 0 radical (unpaired) electrons. The number of nitrogens with zero attached hydrogens (tertiary/aromatic N) is 2. The van der Waals surface area contributed by atoms with Gasteiger partial charge < -0.3 is 20.5 Å². The lowest BCUT2D eigenvalue weighted by molar-refractivity contribution is -0.145. The summed E-state index contributed by atoms with van der Waals surface area (Å²) in [5.41, 5.74) is 2.39. The van der Waals surface area contributed by atoms with Gasteiger partial charge in [-0.2, -0.15) is 0 Å². The molecule has 0 saturated heterocycles. The van der Waals surface area contributed by atoms with Crippen LogP contribution >= 0.6 is 0 Å². The zero-order chi connectivity index (χ0) is 28.6. The molecule has 10 nitrogen and oxygen atoms in total. The minimum absolute atomic E-state index is 0.0734. The fourth-order valence-electron chi connectivity index (χ4n) is 4.40. The number of ether oxygens (including phenoxy) is 1. The first-order valence-corrected chi connectivity index (χ1v) is 12.7. The van der Waals surface area contributed by atoms with E-state index in [9.17, 15) is 24.3 Å². The summed E-state index contributed by atoms with van der Waals surface area (Å²) < 4.78 is 6.22. The molecular formula is C30H30N4O6. The van der Waals surface area contributed by atoms with Crippen LogP contribution < -0.4 is 16.2 Å². The number of benzene rings is 3. The zero-order valence-electron chi connectivity index (χ0n) is 22.2. The van der Waals surface area contributed by atoms with E-state index in [0.717, 1.165) is 5.56 Å². The molecule has 0 saturated carbocycles. The number of fused-ring (bicyclic) bond motifs is 1. The van der Waals surface area contributed by atoms with E-state index >= 15 is 0 Å². The molecule has 206 valence electrons. The van der Waals surface area contributed by atoms with Crippen molar-refractivity contribution >= 4 is 28.8 Å². The molecule has 40 heavy (non-hydrogen) atoms. The van der Waals surface area contributed by atoms with E-state index in [4.69, 9.17) is 4.74 Å². The van der Waals surface area contributed by atoms with Crippen molar-refractivity contribution in [2.45, 2.75) is 38.4 Å². The number of amides is 2. The summed E-state index contributed by atoms with van der Waals surface area (Å²) >= 11 is 0. The Morgan fingerprint density at radius 1 is 0.875 bits per heavy atom. The van der Waals surface area contributed by atoms with Gasteiger partial charge in [-0.1, -0.05) is 54.6 Å². The van der Waals surface area contributed by atoms with E-state index in [0.29, 0.717) is 16.6 Å². The smallest absolute Gasteiger partial charge is 0.328 e. The van der Waals surface area contributed by atoms with Crippen LogP contribution in [0.1, 0.15) is 16.8 Å². The van der Waals surface area contributed by atoms with Gasteiger partial charge in [0.05, 0.1) is 18.1 Å². The van der Waals surface area contributed by atoms with E-state index in [1.807, 2.05) is 30.3 Å². The van der Waals surface area contributed by atoms with Crippen molar-refractivity contribution in [3.63, 3.8) is 0 Å². The topological polar surface area (TPSA) is 140 Å². The van der Waals surface area contributed by atoms with Gasteiger partial charge in [-0.3, -0.25) is 19.0 Å². The summed E-state index contributed by atoms with van der Waals surface area (Å²) in [6, 6.07) is 20.3. The molecule has 0 aliphatic heterocycles. The number of aryl methyl sites for hydroxylation is 1. The van der Waals surface area contributed by atoms with Crippen molar-refractivity contribution in [1.82, 2.24) is 20.2 Å². The lowest BCUT2D eigenvalue weighted by Crippen LogP contribution is -2.54. The number of rotatable bonds is 10. The third-order valence-corrected chi connectivity index (χ3v) is 6.43. The Kier molecular flexibility index (Phi) is 8.90. The van der Waals surface area contributed by atoms with Crippen LogP contribution in [-0.2, 0) is 38.5 Å². The van der Waals surface area contributed by atoms with Crippen LogP contribution in [0.5, 0.6) is 5.75 Å². The summed E-state index contributed by atoms with van der Waals surface area (Å²) in [6.07, 6.45) is 0.263. The van der Waals surface area contributed by atoms with Crippen LogP contribution in [-0.4, -0.2) is 51.6 Å². The highest BCUT2D eigenvalue weighted by molar-refractivity contribution is 5.91. The summed E-state index contributed by atoms with van der Waals surface area (Å²) in [5, 5.41) is 15.0. The van der Waals surface area contributed by atoms with Crippen molar-refractivity contribution in [3.8, 4) is 5.75 Å². The summed E-state index contributed by atoms with van der Waals surface area (Å²) in [6.45, 7) is 1.26. The molecule has 2 amide bonds. The average Bonchev–Trinajstić information content (AvgIpc) is 2.96. The first-order chi connectivity index (χ1) is 19.2. The summed E-state index contributed by atoms with van der Waals surface area (Å²) in [4.78, 5) is 56.4. The fraction of sp³-hybridized carbons (Fsp3) is 0.233. The number of phenolic OH excluding ortho intramolecular Hbond substituents is 1. The quantitative estimate of drug-likeness (QED) is 0.261. The number of methoxy groups -OCH3 is 1. The van der Waals surface area contributed by atoms with Crippen LogP contribution in [0.4, 0.5) is 0 Å². The Morgan fingerprint density at radius 2 is 1.50 bits per heavy atom. The Labute approximate surface area is 230 Å². The molecular weight excluding hydrogens is 512 g/mol. The van der Waals surface area contributed by atoms with Crippen LogP contribution in [0.15, 0.2) is 83.7 Å². The van der Waals surface area contributed by atoms with Crippen LogP contribution in [0.25, 0.3) is 11.0 Å². The lowest BCUT2D eigenvalue weighted by atomic mass is 10.0. The second kappa shape index (κ2) is 12.7. The predicted molar refractivity (Wildman–Crippen MR) is 149 cm³/mol. The molecule has 1 aromatic heterocycles. The van der Waals surface area contributed by atoms with Crippen molar-refractivity contribution in [2.75, 3.05) is 7.11 Å². The van der Waals surface area contributed by atoms with E-state index in [1.54, 1.807) is 43.3 Å². The van der Waals surface area contributed by atoms with Crippen molar-refractivity contribution in [2.24, 2.45) is 0 Å². The minimum Gasteiger partial charge on any atom is -0.508 e. The fourth-order valence-corrected chi connectivity index (χ4v) is 4.40. The molecule has 0 fully saturated rings. The Hall–Kier alpha value is -4.99. The molecule has 10 heteroatoms. The molecule has 3 aromatic carbocycles. The standard InChI is InChI=1S/C30H30N4O6/c1-19-29(38)34(26-11-7-6-10-23(26)31-19)18-27(36)32-24(16-20-8-4-3-5-9-20)28(37)33-25(30(39)40-2)17-21-12-14-22(35)15-13-21/h3-15,24-25,35H,16-18H2,1-2H3,(H,32,36)(H,33,37)/t24-,25-/m0/s1. The number of hydrogen-bond donors (Lipinski definition) is 3. The van der Waals surface area contributed by atoms with E-state index in [1.165, 1.54) is 23.8 Å². The van der Waals surface area contributed by atoms with Crippen LogP contribution in [0.2, 0.25) is 0 Å². The highest BCUT2D eigenvalue weighted by atomic mass is 16.5. The SMILES string of the molecule is COC(=O)[C@H](Cc1ccc(O)cc1)NC(=O)[C@H](Cc1ccccc1)NC(=O)Cn1c(=O)c(C)nc2ccccc21. The number of nitrogens with one attached hydrogen (secondary N) is 2. The largest absolute Gasteiger partial charge is 0.508 e. The molecule has 3 N–H and O–H groups in total. The first-order valence-electron chi connectivity index (χ1n) is 12.7. The maximum Gasteiger partial charge on any atom is 0.328 e. The van der Waals surface area contributed by atoms with Gasteiger partial charge in [-0.25, -0.2) is 9.78 Å². The molecule has 0 aliphatic rings. The van der Waals surface area contributed by atoms with Gasteiger partial charge in [0.15, 0.2) is 0 Å². The third kappa shape index (κ3) is 6.90. The third-order valence-electron chi connectivity index (χ3n) is 6.43. The Morgan fingerprint density at radius 3 is 2.20 bits per heavy atom. The number of hydrogen-bond acceptors (Lipinski definition) is 7. The van der Waals surface area contributed by atoms with E-state index in [-0.39, 0.29) is 30.8 Å². The van der Waals surface area contributed by atoms with E-state index in [2.05, 4.69) is 15.6 Å². The summed E-state index contributed by atoms with van der Waals surface area (Å²) in [5.74, 6) is -1.72. The maximum absolute atomic E-state index is 13.5. The molecule has 2 atom stereocenters. The molecule has 0 aliphatic carbocycles. The highest BCUT2D eigenvalue weighted by Gasteiger charge is 2.28. The molecule has 0 spiro atoms. The Balaban J connectivity index is 1.57. The number of esters is 1. The van der Waals surface area contributed by atoms with Crippen molar-refractivity contribution < 1.29 is 24.2 Å². The van der Waals surface area contributed by atoms with Gasteiger partial charge in [0, 0.05) is 12.8 Å². The number of carbonyl (C=O) groups is 3. The number of para-hydroxylation sites is 2. The number of phenols is 1. The first kappa shape index (κ1) is 28.0. The lowest BCUT2D eigenvalue weighted by Gasteiger charge is -2.23. The molecule has 0 unspecified atom stereocenters. The molecule has 0 bridgehead atoms. The normalized spacial score (nSPS) is 12.3. The number of aromatic nitrogens is 2. The van der Waals surface area contributed by atoms with Gasteiger partial charge >= 0.3 is 5.97 Å². The monoisotopic (exact) mass is 542 g/mol. The van der Waals surface area contributed by atoms with Gasteiger partial charge in [-0.05, 0) is 42.3 Å². The average molecular weight is 543 g/mol. The minimum atomic E-state index is -1.05. The molecule has 1 heterocycles. The number of carbonyl (C=O) groups excluding carboxylic acids is 3. The van der Waals surface area contributed by atoms with Crippen LogP contribution in [0.3, 0.4) is 0 Å². The van der Waals surface area contributed by atoms with Gasteiger partial charge in [0.2, 0.25) is 11.8 Å². The number of aromatic hydroxyl groups is 1. The Bertz CT molecular complexity index is 1570. The highest BCUT2D eigenvalue weighted by Crippen LogP contribution is 2.13. The second-order valence-corrected chi connectivity index (χ2v) is 9.34. The molecule has 4 aromatic rings. The second-order valence-electron chi connectivity index (χ2n) is 9.34. The van der Waals surface area contributed by atoms with Gasteiger partial charge in [0.25, 0.3) is 5.56 Å². The zero-order valence-corrected chi connectivity index (χ0v) is 22.2. The van der Waals surface area contributed by atoms with Crippen molar-refractivity contribution in [3.05, 3.63) is 106 Å². The van der Waals surface area contributed by atoms with Gasteiger partial charge in [-0.15, -0.1) is 0 Å². The molecule has 4 rings (SSSR count). The van der Waals surface area contributed by atoms with Crippen molar-refractivity contribution in [1.29, 1.82) is 0 Å². The van der Waals surface area contributed by atoms with Crippen LogP contribution in [0, 0.1) is 6.92 Å². The summed E-state index contributed by atoms with van der Waals surface area (Å²) in [7, 11) is 1.22.